The molecule has 1 aliphatic carbocycles. The Kier molecular flexibility index (Phi) is 4.93. The Hall–Kier alpha value is -0.220. The number of ether oxygens (including phenoxy) is 1. The van der Waals surface area contributed by atoms with Gasteiger partial charge in [-0.25, -0.2) is 0 Å². The second-order valence-corrected chi connectivity index (χ2v) is 5.00. The van der Waals surface area contributed by atoms with Gasteiger partial charge in [-0.15, -0.1) is 0 Å². The Labute approximate surface area is 97.6 Å². The van der Waals surface area contributed by atoms with Gasteiger partial charge in [0.15, 0.2) is 0 Å². The monoisotopic (exact) mass is 231 g/mol. The topological polar surface area (TPSA) is 29.5 Å². The Morgan fingerprint density at radius 2 is 2.13 bits per heavy atom. The zero-order chi connectivity index (χ0) is 11.4. The Morgan fingerprint density at radius 3 is 2.53 bits per heavy atom. The standard InChI is InChI=1S/C11H21NO2S/c1-8(2)10(15)11(13)12(6-7-14-3)9-4-5-9/h8-10,15H,4-7H2,1-3H3. The molecule has 1 fully saturated rings. The zero-order valence-corrected chi connectivity index (χ0v) is 10.7. The number of amides is 1. The highest BCUT2D eigenvalue weighted by atomic mass is 32.1. The summed E-state index contributed by atoms with van der Waals surface area (Å²) in [6, 6.07) is 0.445. The molecule has 0 aromatic carbocycles. The molecular formula is C11H21NO2S. The Bertz CT molecular complexity index is 217. The SMILES string of the molecule is COCCN(C(=O)C(S)C(C)C)C1CC1. The molecule has 3 nitrogen and oxygen atoms in total. The molecule has 1 saturated carbocycles. The van der Waals surface area contributed by atoms with Crippen LogP contribution in [0.15, 0.2) is 0 Å². The molecule has 0 aromatic heterocycles. The van der Waals surface area contributed by atoms with Crippen LogP contribution in [-0.2, 0) is 9.53 Å². The highest BCUT2D eigenvalue weighted by Crippen LogP contribution is 2.28. The van der Waals surface area contributed by atoms with E-state index in [0.29, 0.717) is 19.2 Å². The van der Waals surface area contributed by atoms with Crippen molar-refractivity contribution in [3.05, 3.63) is 0 Å². The Morgan fingerprint density at radius 1 is 1.53 bits per heavy atom. The number of carbonyl (C=O) groups excluding carboxylic acids is 1. The van der Waals surface area contributed by atoms with Crippen molar-refractivity contribution in [2.45, 2.75) is 38.0 Å². The average Bonchev–Trinajstić information content (AvgIpc) is 3.00. The van der Waals surface area contributed by atoms with Crippen LogP contribution in [0, 0.1) is 5.92 Å². The molecule has 0 aromatic rings. The van der Waals surface area contributed by atoms with Crippen LogP contribution in [0.4, 0.5) is 0 Å². The minimum atomic E-state index is -0.178. The number of methoxy groups -OCH3 is 1. The van der Waals surface area contributed by atoms with E-state index in [1.807, 2.05) is 18.7 Å². The number of rotatable bonds is 6. The van der Waals surface area contributed by atoms with Crippen LogP contribution < -0.4 is 0 Å². The largest absolute Gasteiger partial charge is 0.383 e. The summed E-state index contributed by atoms with van der Waals surface area (Å²) in [5.74, 6) is 0.442. The van der Waals surface area contributed by atoms with Gasteiger partial charge in [-0.3, -0.25) is 4.79 Å². The Balaban J connectivity index is 2.50. The van der Waals surface area contributed by atoms with Crippen molar-refractivity contribution in [2.75, 3.05) is 20.3 Å². The van der Waals surface area contributed by atoms with Crippen LogP contribution in [0.5, 0.6) is 0 Å². The van der Waals surface area contributed by atoms with Gasteiger partial charge in [-0.1, -0.05) is 13.8 Å². The van der Waals surface area contributed by atoms with E-state index >= 15 is 0 Å². The minimum absolute atomic E-state index is 0.160. The van der Waals surface area contributed by atoms with Crippen molar-refractivity contribution in [3.63, 3.8) is 0 Å². The maximum absolute atomic E-state index is 12.1. The summed E-state index contributed by atoms with van der Waals surface area (Å²) in [5.41, 5.74) is 0. The molecule has 4 heteroatoms. The first-order chi connectivity index (χ1) is 7.07. The van der Waals surface area contributed by atoms with Crippen LogP contribution in [0.25, 0.3) is 0 Å². The lowest BCUT2D eigenvalue weighted by atomic mass is 10.1. The van der Waals surface area contributed by atoms with Gasteiger partial charge >= 0.3 is 0 Å². The summed E-state index contributed by atoms with van der Waals surface area (Å²) in [6.45, 7) is 5.36. The van der Waals surface area contributed by atoms with Crippen LogP contribution in [-0.4, -0.2) is 42.4 Å². The molecule has 0 saturated heterocycles. The van der Waals surface area contributed by atoms with Crippen molar-refractivity contribution in [1.82, 2.24) is 4.90 Å². The maximum atomic E-state index is 12.1. The van der Waals surface area contributed by atoms with E-state index < -0.39 is 0 Å². The number of hydrogen-bond acceptors (Lipinski definition) is 3. The quantitative estimate of drug-likeness (QED) is 0.703. The lowest BCUT2D eigenvalue weighted by Crippen LogP contribution is -2.42. The lowest BCUT2D eigenvalue weighted by Gasteiger charge is -2.26. The van der Waals surface area contributed by atoms with E-state index in [1.54, 1.807) is 7.11 Å². The zero-order valence-electron chi connectivity index (χ0n) is 9.77. The fourth-order valence-electron chi connectivity index (χ4n) is 1.50. The number of nitrogens with zero attached hydrogens (tertiary/aromatic N) is 1. The summed E-state index contributed by atoms with van der Waals surface area (Å²) >= 11 is 4.37. The van der Waals surface area contributed by atoms with E-state index in [4.69, 9.17) is 4.74 Å². The maximum Gasteiger partial charge on any atom is 0.236 e. The van der Waals surface area contributed by atoms with Crippen LogP contribution in [0.1, 0.15) is 26.7 Å². The van der Waals surface area contributed by atoms with Crippen molar-refractivity contribution >= 4 is 18.5 Å². The number of thiol groups is 1. The molecule has 0 radical (unpaired) electrons. The van der Waals surface area contributed by atoms with Gasteiger partial charge in [0.05, 0.1) is 11.9 Å². The second-order valence-electron chi connectivity index (χ2n) is 4.44. The molecule has 0 bridgehead atoms. The van der Waals surface area contributed by atoms with Gasteiger partial charge in [0.1, 0.15) is 0 Å². The molecule has 15 heavy (non-hydrogen) atoms. The highest BCUT2D eigenvalue weighted by Gasteiger charge is 2.35. The summed E-state index contributed by atoms with van der Waals surface area (Å²) in [6.07, 6.45) is 2.27. The molecule has 1 atom stereocenters. The van der Waals surface area contributed by atoms with Gasteiger partial charge in [0.2, 0.25) is 5.91 Å². The number of carbonyl (C=O) groups is 1. The van der Waals surface area contributed by atoms with E-state index in [2.05, 4.69) is 12.6 Å². The van der Waals surface area contributed by atoms with Gasteiger partial charge in [-0.2, -0.15) is 12.6 Å². The highest BCUT2D eigenvalue weighted by molar-refractivity contribution is 7.81. The molecule has 0 N–H and O–H groups in total. The minimum Gasteiger partial charge on any atom is -0.383 e. The molecule has 1 unspecified atom stereocenters. The molecule has 1 amide bonds. The molecule has 1 aliphatic rings. The van der Waals surface area contributed by atoms with Crippen LogP contribution in [0.3, 0.4) is 0 Å². The molecule has 0 aliphatic heterocycles. The molecular weight excluding hydrogens is 210 g/mol. The number of hydrogen-bond donors (Lipinski definition) is 1. The first-order valence-corrected chi connectivity index (χ1v) is 6.07. The summed E-state index contributed by atoms with van der Waals surface area (Å²) in [7, 11) is 1.66. The third kappa shape index (κ3) is 3.68. The normalized spacial score (nSPS) is 17.9. The second kappa shape index (κ2) is 5.75. The van der Waals surface area contributed by atoms with Gasteiger partial charge in [-0.05, 0) is 18.8 Å². The van der Waals surface area contributed by atoms with E-state index in [9.17, 15) is 4.79 Å². The van der Waals surface area contributed by atoms with Crippen molar-refractivity contribution < 1.29 is 9.53 Å². The first kappa shape index (κ1) is 12.8. The first-order valence-electron chi connectivity index (χ1n) is 5.55. The molecule has 0 heterocycles. The van der Waals surface area contributed by atoms with Crippen LogP contribution >= 0.6 is 12.6 Å². The molecule has 0 spiro atoms. The smallest absolute Gasteiger partial charge is 0.236 e. The fourth-order valence-corrected chi connectivity index (χ4v) is 1.65. The predicted molar refractivity (Wildman–Crippen MR) is 64.2 cm³/mol. The summed E-state index contributed by atoms with van der Waals surface area (Å²) in [4.78, 5) is 14.0. The van der Waals surface area contributed by atoms with Crippen molar-refractivity contribution in [3.8, 4) is 0 Å². The lowest BCUT2D eigenvalue weighted by molar-refractivity contribution is -0.132. The van der Waals surface area contributed by atoms with E-state index in [0.717, 1.165) is 12.8 Å². The summed E-state index contributed by atoms with van der Waals surface area (Å²) < 4.78 is 5.02. The average molecular weight is 231 g/mol. The molecule has 1 rings (SSSR count). The van der Waals surface area contributed by atoms with Crippen molar-refractivity contribution in [2.24, 2.45) is 5.92 Å². The predicted octanol–water partition coefficient (Wildman–Crippen LogP) is 1.58. The van der Waals surface area contributed by atoms with E-state index in [1.165, 1.54) is 0 Å². The summed E-state index contributed by atoms with van der Waals surface area (Å²) in [5, 5.41) is -0.178. The molecule has 88 valence electrons. The van der Waals surface area contributed by atoms with Gasteiger partial charge in [0.25, 0.3) is 0 Å². The van der Waals surface area contributed by atoms with Gasteiger partial charge in [0, 0.05) is 19.7 Å². The fraction of sp³-hybridized carbons (Fsp3) is 0.909. The van der Waals surface area contributed by atoms with Crippen molar-refractivity contribution in [1.29, 1.82) is 0 Å². The van der Waals surface area contributed by atoms with E-state index in [-0.39, 0.29) is 17.1 Å². The third-order valence-corrected chi connectivity index (χ3v) is 3.51. The third-order valence-electron chi connectivity index (χ3n) is 2.69. The van der Waals surface area contributed by atoms with Gasteiger partial charge < -0.3 is 9.64 Å². The van der Waals surface area contributed by atoms with Crippen LogP contribution in [0.2, 0.25) is 0 Å².